The molecule has 0 amide bonds. The van der Waals surface area contributed by atoms with Crippen molar-refractivity contribution in [3.8, 4) is 0 Å². The number of anilines is 3. The number of nitrogens with zero attached hydrogens (tertiary/aromatic N) is 1. The normalized spacial score (nSPS) is 11.4. The summed E-state index contributed by atoms with van der Waals surface area (Å²) in [7, 11) is -3.79. The maximum atomic E-state index is 13.0. The summed E-state index contributed by atoms with van der Waals surface area (Å²) in [5.74, 6) is -0.327. The van der Waals surface area contributed by atoms with Gasteiger partial charge in [0.05, 0.1) is 16.3 Å². The average Bonchev–Trinajstić information content (AvgIpc) is 2.42. The van der Waals surface area contributed by atoms with E-state index in [1.807, 2.05) is 11.8 Å². The standard InChI is InChI=1S/C14H16FN3O2S/c1-2-18(11-5-3-10(15)4-6-11)14-8-7-12(9-13(14)16)21(17,19)20/h3-9H,2,16H2,1H3,(H2,17,19,20). The highest BCUT2D eigenvalue weighted by atomic mass is 32.2. The van der Waals surface area contributed by atoms with Gasteiger partial charge in [0.1, 0.15) is 5.82 Å². The summed E-state index contributed by atoms with van der Waals surface area (Å²) in [6.07, 6.45) is 0. The van der Waals surface area contributed by atoms with E-state index in [1.54, 1.807) is 18.2 Å². The fourth-order valence-corrected chi connectivity index (χ4v) is 2.62. The molecule has 5 nitrogen and oxygen atoms in total. The third-order valence-corrected chi connectivity index (χ3v) is 3.98. The molecule has 0 bridgehead atoms. The topological polar surface area (TPSA) is 89.4 Å². The zero-order valence-electron chi connectivity index (χ0n) is 11.5. The lowest BCUT2D eigenvalue weighted by atomic mass is 10.2. The first-order valence-electron chi connectivity index (χ1n) is 6.28. The van der Waals surface area contributed by atoms with E-state index in [1.165, 1.54) is 24.3 Å². The first kappa shape index (κ1) is 15.3. The Labute approximate surface area is 123 Å². The van der Waals surface area contributed by atoms with Crippen LogP contribution in [-0.4, -0.2) is 15.0 Å². The molecular weight excluding hydrogens is 293 g/mol. The number of sulfonamides is 1. The van der Waals surface area contributed by atoms with E-state index >= 15 is 0 Å². The highest BCUT2D eigenvalue weighted by Gasteiger charge is 2.14. The summed E-state index contributed by atoms with van der Waals surface area (Å²) in [6, 6.07) is 10.3. The Balaban J connectivity index is 2.46. The van der Waals surface area contributed by atoms with Crippen LogP contribution in [0.25, 0.3) is 0 Å². The van der Waals surface area contributed by atoms with Crippen LogP contribution in [0.3, 0.4) is 0 Å². The van der Waals surface area contributed by atoms with Gasteiger partial charge in [-0.25, -0.2) is 17.9 Å². The van der Waals surface area contributed by atoms with Gasteiger partial charge in [0.2, 0.25) is 10.0 Å². The van der Waals surface area contributed by atoms with Gasteiger partial charge in [-0.3, -0.25) is 0 Å². The molecule has 0 heterocycles. The van der Waals surface area contributed by atoms with Crippen molar-refractivity contribution in [2.45, 2.75) is 11.8 Å². The highest BCUT2D eigenvalue weighted by molar-refractivity contribution is 7.89. The van der Waals surface area contributed by atoms with Crippen LogP contribution >= 0.6 is 0 Å². The van der Waals surface area contributed by atoms with Gasteiger partial charge in [-0.05, 0) is 49.4 Å². The maximum Gasteiger partial charge on any atom is 0.238 e. The van der Waals surface area contributed by atoms with Gasteiger partial charge in [-0.1, -0.05) is 0 Å². The number of nitrogens with two attached hydrogens (primary N) is 2. The molecule has 7 heteroatoms. The number of benzene rings is 2. The van der Waals surface area contributed by atoms with E-state index in [-0.39, 0.29) is 16.4 Å². The third kappa shape index (κ3) is 3.32. The molecule has 0 spiro atoms. The van der Waals surface area contributed by atoms with Crippen LogP contribution < -0.4 is 15.8 Å². The van der Waals surface area contributed by atoms with Gasteiger partial charge in [0, 0.05) is 12.2 Å². The van der Waals surface area contributed by atoms with Crippen LogP contribution in [-0.2, 0) is 10.0 Å². The molecule has 0 unspecified atom stereocenters. The Kier molecular flexibility index (Phi) is 4.15. The van der Waals surface area contributed by atoms with E-state index in [4.69, 9.17) is 10.9 Å². The minimum absolute atomic E-state index is 0.0427. The Morgan fingerprint density at radius 1 is 1.14 bits per heavy atom. The summed E-state index contributed by atoms with van der Waals surface area (Å²) in [6.45, 7) is 2.50. The van der Waals surface area contributed by atoms with Crippen molar-refractivity contribution >= 4 is 27.1 Å². The van der Waals surface area contributed by atoms with Crippen LogP contribution in [0, 0.1) is 5.82 Å². The van der Waals surface area contributed by atoms with E-state index in [2.05, 4.69) is 0 Å². The predicted octanol–water partition coefficient (Wildman–Crippen LogP) is 2.21. The number of primary sulfonamides is 1. The van der Waals surface area contributed by atoms with Crippen molar-refractivity contribution in [1.82, 2.24) is 0 Å². The van der Waals surface area contributed by atoms with Crippen LogP contribution in [0.15, 0.2) is 47.4 Å². The van der Waals surface area contributed by atoms with Crippen LogP contribution in [0.4, 0.5) is 21.5 Å². The number of halogens is 1. The fraction of sp³-hybridized carbons (Fsp3) is 0.143. The molecule has 0 atom stereocenters. The molecule has 0 aliphatic rings. The third-order valence-electron chi connectivity index (χ3n) is 3.07. The molecule has 0 aliphatic carbocycles. The quantitative estimate of drug-likeness (QED) is 0.847. The SMILES string of the molecule is CCN(c1ccc(F)cc1)c1ccc(S(N)(=O)=O)cc1N. The van der Waals surface area contributed by atoms with Gasteiger partial charge < -0.3 is 10.6 Å². The molecular formula is C14H16FN3O2S. The first-order chi connectivity index (χ1) is 9.82. The highest BCUT2D eigenvalue weighted by Crippen LogP contribution is 2.31. The smallest absolute Gasteiger partial charge is 0.238 e. The molecule has 0 fully saturated rings. The number of nitrogen functional groups attached to an aromatic ring is 1. The van der Waals surface area contributed by atoms with Crippen molar-refractivity contribution in [2.24, 2.45) is 5.14 Å². The lowest BCUT2D eigenvalue weighted by Crippen LogP contribution is -2.18. The molecule has 2 rings (SSSR count). The second-order valence-corrected chi connectivity index (χ2v) is 6.05. The Morgan fingerprint density at radius 2 is 1.76 bits per heavy atom. The summed E-state index contributed by atoms with van der Waals surface area (Å²) in [5.41, 5.74) is 7.60. The first-order valence-corrected chi connectivity index (χ1v) is 7.83. The maximum absolute atomic E-state index is 13.0. The molecule has 21 heavy (non-hydrogen) atoms. The number of hydrogen-bond acceptors (Lipinski definition) is 4. The minimum atomic E-state index is -3.79. The van der Waals surface area contributed by atoms with Gasteiger partial charge in [0.15, 0.2) is 0 Å². The Morgan fingerprint density at radius 3 is 2.24 bits per heavy atom. The van der Waals surface area contributed by atoms with Crippen molar-refractivity contribution in [3.63, 3.8) is 0 Å². The van der Waals surface area contributed by atoms with Crippen LogP contribution in [0.5, 0.6) is 0 Å². The predicted molar refractivity (Wildman–Crippen MR) is 81.3 cm³/mol. The lowest BCUT2D eigenvalue weighted by molar-refractivity contribution is 0.598. The van der Waals surface area contributed by atoms with Gasteiger partial charge in [0.25, 0.3) is 0 Å². The zero-order valence-corrected chi connectivity index (χ0v) is 12.3. The molecule has 4 N–H and O–H groups in total. The van der Waals surface area contributed by atoms with Crippen LogP contribution in [0.1, 0.15) is 6.92 Å². The second kappa shape index (κ2) is 5.71. The monoisotopic (exact) mass is 309 g/mol. The molecule has 0 saturated heterocycles. The molecule has 2 aromatic rings. The Bertz CT molecular complexity index is 745. The zero-order chi connectivity index (χ0) is 15.6. The van der Waals surface area contributed by atoms with Gasteiger partial charge >= 0.3 is 0 Å². The summed E-state index contributed by atoms with van der Waals surface area (Å²) < 4.78 is 35.6. The fourth-order valence-electron chi connectivity index (χ4n) is 2.07. The molecule has 0 radical (unpaired) electrons. The van der Waals surface area contributed by atoms with E-state index in [9.17, 15) is 12.8 Å². The van der Waals surface area contributed by atoms with Crippen molar-refractivity contribution in [3.05, 3.63) is 48.3 Å². The van der Waals surface area contributed by atoms with Gasteiger partial charge in [-0.15, -0.1) is 0 Å². The molecule has 0 saturated carbocycles. The van der Waals surface area contributed by atoms with Crippen molar-refractivity contribution in [2.75, 3.05) is 17.2 Å². The summed E-state index contributed by atoms with van der Waals surface area (Å²) in [5, 5.41) is 5.07. The average molecular weight is 309 g/mol. The van der Waals surface area contributed by atoms with Crippen molar-refractivity contribution in [1.29, 1.82) is 0 Å². The summed E-state index contributed by atoms with van der Waals surface area (Å²) >= 11 is 0. The lowest BCUT2D eigenvalue weighted by Gasteiger charge is -2.25. The molecule has 0 aliphatic heterocycles. The van der Waals surface area contributed by atoms with Crippen molar-refractivity contribution < 1.29 is 12.8 Å². The number of rotatable bonds is 4. The van der Waals surface area contributed by atoms with E-state index in [0.717, 1.165) is 5.69 Å². The number of hydrogen-bond donors (Lipinski definition) is 2. The van der Waals surface area contributed by atoms with Gasteiger partial charge in [-0.2, -0.15) is 0 Å². The molecule has 2 aromatic carbocycles. The molecule has 112 valence electrons. The molecule has 0 aromatic heterocycles. The van der Waals surface area contributed by atoms with E-state index < -0.39 is 10.0 Å². The van der Waals surface area contributed by atoms with Crippen LogP contribution in [0.2, 0.25) is 0 Å². The van der Waals surface area contributed by atoms with E-state index in [0.29, 0.717) is 12.2 Å². The summed E-state index contributed by atoms with van der Waals surface area (Å²) in [4.78, 5) is 1.81. The minimum Gasteiger partial charge on any atom is -0.397 e. The second-order valence-electron chi connectivity index (χ2n) is 4.49. The Hall–Kier alpha value is -2.12. The largest absolute Gasteiger partial charge is 0.397 e.